The van der Waals surface area contributed by atoms with E-state index in [-0.39, 0.29) is 177 Å². The van der Waals surface area contributed by atoms with Crippen molar-refractivity contribution in [2.45, 2.75) is 329 Å². The standard InChI is InChI=1S/C88H162N28O15/c1-16-54(14)70(85(131)109-62(35-27-41-101-87(96)97)74(120)103-55(15)72(118)114-68(52(10)11)84(130)113-65(45-50(6)7)80(126)111-66(46-51(8)9)82(128)115-69(53(12)13)83(129)104-58(71(93)117)34-26-40-100-86(94)95)116-78(124)61(33-22-25-39-91)107-75(121)59(31-20-23-37-89)108-81(127)67(47-56-29-18-17-19-30-56)112-79(125)64(44-49(4)5)110-77(123)60(32-21-24-38-90)106-76(122)63(36-28-42-102-88(98)99)105-73(119)57(92)43-48(2)3/h17-19,29-30,48-55,57-70H,16,20-28,31-47,89-92H2,1-15H3,(H2,93,117)(H,103,120)(H,104,129)(H,105,119)(H,106,122)(H,107,121)(H,108,127)(H,109,131)(H,110,123)(H,111,126)(H,112,125)(H,113,130)(H,114,118)(H,115,128)(H,116,124)(H4,94,95,100)(H4,96,97,101)(H4,98,99,102)/t54-,55-,57-,58-,59-,60-,61-,62-,63-,64-,65-,66-,67-,68-,69-,70-/m0/s1. The first-order valence-corrected chi connectivity index (χ1v) is 46.2. The van der Waals surface area contributed by atoms with E-state index in [2.05, 4.69) is 89.4 Å². The van der Waals surface area contributed by atoms with Crippen molar-refractivity contribution in [1.29, 1.82) is 0 Å². The van der Waals surface area contributed by atoms with Crippen LogP contribution in [-0.2, 0) is 78.3 Å². The number of primary amides is 1. The number of unbranched alkanes of at least 4 members (excludes halogenated alkanes) is 3. The van der Waals surface area contributed by atoms with Crippen LogP contribution in [0.1, 0.15) is 238 Å². The van der Waals surface area contributed by atoms with Gasteiger partial charge in [-0.2, -0.15) is 0 Å². The van der Waals surface area contributed by atoms with Crippen LogP contribution in [0.3, 0.4) is 0 Å². The summed E-state index contributed by atoms with van der Waals surface area (Å²) in [5.74, 6) is -14.7. The molecule has 15 amide bonds. The van der Waals surface area contributed by atoms with Gasteiger partial charge in [-0.25, -0.2) is 0 Å². The molecule has 43 heteroatoms. The van der Waals surface area contributed by atoms with Gasteiger partial charge < -0.3 is 138 Å². The third-order valence-corrected chi connectivity index (χ3v) is 21.5. The van der Waals surface area contributed by atoms with Gasteiger partial charge in [0.05, 0.1) is 6.04 Å². The number of aliphatic imine (C=N–C) groups is 3. The van der Waals surface area contributed by atoms with Gasteiger partial charge in [-0.05, 0) is 196 Å². The van der Waals surface area contributed by atoms with Gasteiger partial charge >= 0.3 is 0 Å². The summed E-state index contributed by atoms with van der Waals surface area (Å²) >= 11 is 0. The number of guanidine groups is 3. The molecule has 1 rings (SSSR count). The van der Waals surface area contributed by atoms with Gasteiger partial charge in [0.1, 0.15) is 84.6 Å². The lowest BCUT2D eigenvalue weighted by molar-refractivity contribution is -0.137. The number of carbonyl (C=O) groups is 15. The van der Waals surface area contributed by atoms with Crippen molar-refractivity contribution >= 4 is 106 Å². The number of hydrogen-bond donors (Lipinski definition) is 25. The van der Waals surface area contributed by atoms with Crippen LogP contribution in [0.25, 0.3) is 0 Å². The number of rotatable bonds is 67. The maximum Gasteiger partial charge on any atom is 0.243 e. The Morgan fingerprint density at radius 2 is 0.557 bits per heavy atom. The maximum absolute atomic E-state index is 15.1. The van der Waals surface area contributed by atoms with Gasteiger partial charge in [-0.15, -0.1) is 0 Å². The summed E-state index contributed by atoms with van der Waals surface area (Å²) in [4.78, 5) is 227. The lowest BCUT2D eigenvalue weighted by atomic mass is 9.96. The van der Waals surface area contributed by atoms with Crippen LogP contribution in [0.2, 0.25) is 0 Å². The fourth-order valence-electron chi connectivity index (χ4n) is 14.0. The van der Waals surface area contributed by atoms with Crippen molar-refractivity contribution in [3.8, 4) is 0 Å². The Bertz CT molecular complexity index is 3820. The third-order valence-electron chi connectivity index (χ3n) is 21.5. The van der Waals surface area contributed by atoms with E-state index in [1.54, 1.807) is 85.7 Å². The second-order valence-electron chi connectivity index (χ2n) is 36.1. The number of benzene rings is 1. The zero-order chi connectivity index (χ0) is 99.3. The zero-order valence-corrected chi connectivity index (χ0v) is 80.0. The largest absolute Gasteiger partial charge is 0.370 e. The van der Waals surface area contributed by atoms with E-state index in [0.29, 0.717) is 44.1 Å². The lowest BCUT2D eigenvalue weighted by Crippen LogP contribution is -2.62. The fourth-order valence-corrected chi connectivity index (χ4v) is 14.0. The second kappa shape index (κ2) is 63.9. The molecule has 0 heterocycles. The Morgan fingerprint density at radius 3 is 0.901 bits per heavy atom. The molecule has 0 aromatic heterocycles. The van der Waals surface area contributed by atoms with E-state index in [9.17, 15) is 67.1 Å². The molecule has 0 aliphatic heterocycles. The number of amides is 15. The van der Waals surface area contributed by atoms with E-state index in [0.717, 1.165) is 0 Å². The highest BCUT2D eigenvalue weighted by molar-refractivity contribution is 6.01. The van der Waals surface area contributed by atoms with E-state index in [1.807, 2.05) is 41.5 Å². The Labute approximate surface area is 773 Å². The molecule has 744 valence electrons. The molecule has 1 aromatic carbocycles. The van der Waals surface area contributed by atoms with Crippen LogP contribution in [-0.4, -0.2) is 236 Å². The summed E-state index contributed by atoms with van der Waals surface area (Å²) < 4.78 is 0. The molecule has 0 spiro atoms. The Hall–Kier alpha value is -11.1. The van der Waals surface area contributed by atoms with Crippen LogP contribution in [0.15, 0.2) is 45.3 Å². The van der Waals surface area contributed by atoms with Crippen molar-refractivity contribution in [3.05, 3.63) is 35.9 Å². The molecule has 0 aliphatic rings. The predicted molar refractivity (Wildman–Crippen MR) is 505 cm³/mol. The molecular weight excluding hydrogens is 1690 g/mol. The molecule has 0 bridgehead atoms. The van der Waals surface area contributed by atoms with Crippen LogP contribution < -0.4 is 138 Å². The first kappa shape index (κ1) is 118. The monoisotopic (exact) mass is 1850 g/mol. The first-order valence-electron chi connectivity index (χ1n) is 46.2. The molecule has 1 aromatic rings. The van der Waals surface area contributed by atoms with Crippen molar-refractivity contribution < 1.29 is 71.9 Å². The highest BCUT2D eigenvalue weighted by Gasteiger charge is 2.40. The minimum Gasteiger partial charge on any atom is -0.370 e. The topological polar surface area (TPSA) is 748 Å². The summed E-state index contributed by atoms with van der Waals surface area (Å²) in [6.45, 7) is 27.0. The van der Waals surface area contributed by atoms with E-state index in [1.165, 1.54) is 6.92 Å². The van der Waals surface area contributed by atoms with E-state index >= 15 is 4.79 Å². The number of nitrogens with zero attached hydrogens (tertiary/aromatic N) is 3. The average molecular weight is 1850 g/mol. The summed E-state index contributed by atoms with van der Waals surface area (Å²) in [5, 5.41) is 38.5. The Balaban J connectivity index is 3.80. The molecule has 0 fully saturated rings. The van der Waals surface area contributed by atoms with Crippen LogP contribution >= 0.6 is 0 Å². The minimum atomic E-state index is -1.43. The molecular formula is C88H162N28O15. The predicted octanol–water partition coefficient (Wildman–Crippen LogP) is -3.06. The Morgan fingerprint density at radius 1 is 0.290 bits per heavy atom. The summed E-state index contributed by atoms with van der Waals surface area (Å²) in [6, 6.07) is -10.6. The van der Waals surface area contributed by atoms with Crippen molar-refractivity contribution in [2.24, 2.45) is 119 Å². The third kappa shape index (κ3) is 48.6. The zero-order valence-electron chi connectivity index (χ0n) is 80.0. The van der Waals surface area contributed by atoms with Crippen LogP contribution in [0.4, 0.5) is 0 Å². The van der Waals surface area contributed by atoms with Gasteiger partial charge in [0.15, 0.2) is 17.9 Å². The number of nitrogens with two attached hydrogens (primary N) is 11. The Kier molecular flexibility index (Phi) is 57.5. The number of hydrogen-bond acceptors (Lipinski definition) is 22. The van der Waals surface area contributed by atoms with Crippen LogP contribution in [0.5, 0.6) is 0 Å². The maximum atomic E-state index is 15.1. The molecule has 0 unspecified atom stereocenters. The van der Waals surface area contributed by atoms with E-state index < -0.39 is 197 Å². The van der Waals surface area contributed by atoms with Crippen molar-refractivity contribution in [1.82, 2.24) is 74.4 Å². The fraction of sp³-hybridized carbons (Fsp3) is 0.727. The molecule has 36 N–H and O–H groups in total. The highest BCUT2D eigenvalue weighted by Crippen LogP contribution is 2.19. The van der Waals surface area contributed by atoms with Gasteiger partial charge in [0.2, 0.25) is 88.6 Å². The van der Waals surface area contributed by atoms with Gasteiger partial charge in [-0.1, -0.05) is 134 Å². The normalized spacial score (nSPS) is 15.0. The average Bonchev–Trinajstić information content (AvgIpc) is 0.854. The first-order chi connectivity index (χ1) is 61.6. The number of nitrogens with one attached hydrogen (secondary N) is 14. The van der Waals surface area contributed by atoms with Crippen LogP contribution in [0, 0.1) is 41.4 Å². The summed E-state index contributed by atoms with van der Waals surface area (Å²) in [6.07, 6.45) is 3.58. The molecule has 0 saturated carbocycles. The van der Waals surface area contributed by atoms with Gasteiger partial charge in [0, 0.05) is 26.1 Å². The molecule has 16 atom stereocenters. The summed E-state index contributed by atoms with van der Waals surface area (Å²) in [7, 11) is 0. The smallest absolute Gasteiger partial charge is 0.243 e. The molecule has 0 radical (unpaired) electrons. The lowest BCUT2D eigenvalue weighted by Gasteiger charge is -2.30. The second-order valence-corrected chi connectivity index (χ2v) is 36.1. The van der Waals surface area contributed by atoms with Gasteiger partial charge in [0.25, 0.3) is 0 Å². The van der Waals surface area contributed by atoms with Crippen molar-refractivity contribution in [2.75, 3.05) is 39.3 Å². The molecule has 0 saturated heterocycles. The SMILES string of the molecule is CC[C@H](C)[C@H](NC(=O)[C@H](CCCCN)NC(=O)[C@H](CCCCN)NC(=O)[C@H](Cc1ccccc1)NC(=O)[C@H](CC(C)C)NC(=O)[C@H](CCCCN)NC(=O)[C@H](CCCN=C(N)N)NC(=O)[C@@H](N)CC(C)C)C(=O)N[C@@H](CCCN=C(N)N)C(=O)N[C@@H](C)C(=O)N[C@H](C(=O)N[C@@H](CC(C)C)C(=O)N[C@@H](CC(C)C)C(=O)N[C@H](C(=O)N[C@@H](CCCN=C(N)N)C(N)=O)C(C)C)C(C)C. The minimum absolute atomic E-state index is 0.00834. The molecule has 0 aliphatic carbocycles. The molecule has 131 heavy (non-hydrogen) atoms. The molecule has 43 nitrogen and oxygen atoms in total. The number of carbonyl (C=O) groups excluding carboxylic acids is 15. The van der Waals surface area contributed by atoms with E-state index in [4.69, 9.17) is 63.1 Å². The quantitative estimate of drug-likeness (QED) is 0.0175. The highest BCUT2D eigenvalue weighted by atomic mass is 16.2. The van der Waals surface area contributed by atoms with Crippen molar-refractivity contribution in [3.63, 3.8) is 0 Å². The summed E-state index contributed by atoms with van der Waals surface area (Å²) in [5.41, 5.74) is 63.5. The van der Waals surface area contributed by atoms with Gasteiger partial charge in [-0.3, -0.25) is 86.9 Å².